The molecule has 90 valence electrons. The van der Waals surface area contributed by atoms with Crippen molar-refractivity contribution >= 4 is 11.8 Å². The summed E-state index contributed by atoms with van der Waals surface area (Å²) in [5.41, 5.74) is 5.57. The van der Waals surface area contributed by atoms with Crippen LogP contribution >= 0.6 is 11.8 Å². The molecule has 0 spiro atoms. The van der Waals surface area contributed by atoms with Gasteiger partial charge in [-0.3, -0.25) is 4.90 Å². The van der Waals surface area contributed by atoms with Crippen LogP contribution in [0.4, 0.5) is 0 Å². The van der Waals surface area contributed by atoms with Gasteiger partial charge in [-0.25, -0.2) is 0 Å². The normalized spacial score (nSPS) is 25.4. The second kappa shape index (κ2) is 7.49. The third kappa shape index (κ3) is 4.31. The van der Waals surface area contributed by atoms with Crippen LogP contribution in [-0.2, 0) is 4.74 Å². The van der Waals surface area contributed by atoms with Gasteiger partial charge in [0, 0.05) is 37.2 Å². The molecular formula is C11H24N2OS. The molecule has 0 amide bonds. The molecule has 1 heterocycles. The Balaban J connectivity index is 2.44. The second-order valence-electron chi connectivity index (χ2n) is 4.20. The maximum atomic E-state index is 5.57. The number of methoxy groups -OCH3 is 1. The zero-order valence-electron chi connectivity index (χ0n) is 9.95. The van der Waals surface area contributed by atoms with Crippen molar-refractivity contribution in [2.24, 2.45) is 5.73 Å². The first-order valence-electron chi connectivity index (χ1n) is 5.82. The number of hydrogen-bond donors (Lipinski definition) is 1. The van der Waals surface area contributed by atoms with E-state index in [4.69, 9.17) is 10.5 Å². The Labute approximate surface area is 97.7 Å². The molecule has 1 rings (SSSR count). The van der Waals surface area contributed by atoms with Crippen molar-refractivity contribution in [3.05, 3.63) is 0 Å². The SMILES string of the molecule is COCC(CCCN)N1CCSCC1C. The van der Waals surface area contributed by atoms with E-state index >= 15 is 0 Å². The number of nitrogens with zero attached hydrogens (tertiary/aromatic N) is 1. The van der Waals surface area contributed by atoms with Gasteiger partial charge in [-0.15, -0.1) is 0 Å². The van der Waals surface area contributed by atoms with Crippen molar-refractivity contribution in [1.29, 1.82) is 0 Å². The molecule has 2 N–H and O–H groups in total. The topological polar surface area (TPSA) is 38.5 Å². The van der Waals surface area contributed by atoms with Crippen LogP contribution in [0, 0.1) is 0 Å². The summed E-state index contributed by atoms with van der Waals surface area (Å²) in [7, 11) is 1.79. The first kappa shape index (κ1) is 13.3. The third-order valence-electron chi connectivity index (χ3n) is 2.99. The minimum Gasteiger partial charge on any atom is -0.383 e. The second-order valence-corrected chi connectivity index (χ2v) is 5.35. The number of ether oxygens (including phenoxy) is 1. The quantitative estimate of drug-likeness (QED) is 0.746. The van der Waals surface area contributed by atoms with E-state index in [9.17, 15) is 0 Å². The van der Waals surface area contributed by atoms with Gasteiger partial charge in [-0.2, -0.15) is 11.8 Å². The van der Waals surface area contributed by atoms with Crippen LogP contribution in [0.5, 0.6) is 0 Å². The maximum Gasteiger partial charge on any atom is 0.0618 e. The van der Waals surface area contributed by atoms with E-state index in [0.29, 0.717) is 12.1 Å². The van der Waals surface area contributed by atoms with Gasteiger partial charge in [-0.1, -0.05) is 0 Å². The predicted octanol–water partition coefficient (Wildman–Crippen LogP) is 1.18. The Morgan fingerprint density at radius 2 is 2.40 bits per heavy atom. The Morgan fingerprint density at radius 1 is 1.60 bits per heavy atom. The molecule has 0 aromatic carbocycles. The fraction of sp³-hybridized carbons (Fsp3) is 1.00. The van der Waals surface area contributed by atoms with E-state index in [1.807, 2.05) is 0 Å². The smallest absolute Gasteiger partial charge is 0.0618 e. The van der Waals surface area contributed by atoms with Gasteiger partial charge in [0.1, 0.15) is 0 Å². The van der Waals surface area contributed by atoms with Crippen molar-refractivity contribution < 1.29 is 4.74 Å². The third-order valence-corrected chi connectivity index (χ3v) is 4.18. The van der Waals surface area contributed by atoms with E-state index < -0.39 is 0 Å². The number of nitrogens with two attached hydrogens (primary N) is 1. The Bertz CT molecular complexity index is 169. The summed E-state index contributed by atoms with van der Waals surface area (Å²) in [6, 6.07) is 1.25. The molecule has 0 bridgehead atoms. The molecule has 1 aliphatic rings. The van der Waals surface area contributed by atoms with Gasteiger partial charge in [-0.05, 0) is 26.3 Å². The van der Waals surface area contributed by atoms with Crippen LogP contribution in [0.2, 0.25) is 0 Å². The summed E-state index contributed by atoms with van der Waals surface area (Å²) in [5.74, 6) is 2.51. The number of rotatable bonds is 6. The van der Waals surface area contributed by atoms with Crippen LogP contribution in [0.1, 0.15) is 19.8 Å². The van der Waals surface area contributed by atoms with E-state index in [0.717, 1.165) is 19.6 Å². The molecular weight excluding hydrogens is 208 g/mol. The van der Waals surface area contributed by atoms with Gasteiger partial charge in [0.15, 0.2) is 0 Å². The molecule has 0 saturated carbocycles. The Hall–Kier alpha value is 0.230. The largest absolute Gasteiger partial charge is 0.383 e. The minimum atomic E-state index is 0.564. The lowest BCUT2D eigenvalue weighted by Crippen LogP contribution is -2.49. The van der Waals surface area contributed by atoms with E-state index in [1.54, 1.807) is 7.11 Å². The molecule has 0 aliphatic carbocycles. The molecule has 0 radical (unpaired) electrons. The van der Waals surface area contributed by atoms with Crippen molar-refractivity contribution in [2.75, 3.05) is 38.3 Å². The Morgan fingerprint density at radius 3 is 3.00 bits per heavy atom. The number of thioether (sulfide) groups is 1. The standard InChI is InChI=1S/C11H24N2OS/c1-10-9-15-7-6-13(10)11(8-14-2)4-3-5-12/h10-11H,3-9,12H2,1-2H3. The summed E-state index contributed by atoms with van der Waals surface area (Å²) in [6.07, 6.45) is 2.27. The summed E-state index contributed by atoms with van der Waals surface area (Å²) in [4.78, 5) is 2.59. The highest BCUT2D eigenvalue weighted by Gasteiger charge is 2.25. The zero-order valence-corrected chi connectivity index (χ0v) is 10.8. The van der Waals surface area contributed by atoms with Crippen molar-refractivity contribution in [3.8, 4) is 0 Å². The first-order valence-corrected chi connectivity index (χ1v) is 6.97. The zero-order chi connectivity index (χ0) is 11.1. The van der Waals surface area contributed by atoms with Crippen LogP contribution in [-0.4, -0.2) is 55.3 Å². The summed E-state index contributed by atoms with van der Waals surface area (Å²) < 4.78 is 5.31. The lowest BCUT2D eigenvalue weighted by molar-refractivity contribution is 0.0680. The van der Waals surface area contributed by atoms with Crippen LogP contribution < -0.4 is 5.73 Å². The molecule has 2 unspecified atom stereocenters. The minimum absolute atomic E-state index is 0.564. The first-order chi connectivity index (χ1) is 7.29. The number of hydrogen-bond acceptors (Lipinski definition) is 4. The summed E-state index contributed by atoms with van der Waals surface area (Å²) >= 11 is 2.06. The highest BCUT2D eigenvalue weighted by Crippen LogP contribution is 2.20. The predicted molar refractivity (Wildman–Crippen MR) is 67.4 cm³/mol. The highest BCUT2D eigenvalue weighted by atomic mass is 32.2. The fourth-order valence-electron chi connectivity index (χ4n) is 2.17. The van der Waals surface area contributed by atoms with Crippen molar-refractivity contribution in [1.82, 2.24) is 4.90 Å². The van der Waals surface area contributed by atoms with Crippen molar-refractivity contribution in [2.45, 2.75) is 31.8 Å². The molecule has 15 heavy (non-hydrogen) atoms. The van der Waals surface area contributed by atoms with Gasteiger partial charge in [0.25, 0.3) is 0 Å². The molecule has 1 fully saturated rings. The molecule has 1 aliphatic heterocycles. The maximum absolute atomic E-state index is 5.57. The average molecular weight is 232 g/mol. The van der Waals surface area contributed by atoms with E-state index in [-0.39, 0.29) is 0 Å². The molecule has 0 aromatic rings. The fourth-order valence-corrected chi connectivity index (χ4v) is 3.21. The van der Waals surface area contributed by atoms with Gasteiger partial charge >= 0.3 is 0 Å². The van der Waals surface area contributed by atoms with Gasteiger partial charge in [0.2, 0.25) is 0 Å². The lowest BCUT2D eigenvalue weighted by Gasteiger charge is -2.39. The van der Waals surface area contributed by atoms with E-state index in [1.165, 1.54) is 24.5 Å². The van der Waals surface area contributed by atoms with Gasteiger partial charge in [0.05, 0.1) is 6.61 Å². The lowest BCUT2D eigenvalue weighted by atomic mass is 10.1. The summed E-state index contributed by atoms with van der Waals surface area (Å²) in [5, 5.41) is 0. The van der Waals surface area contributed by atoms with Crippen LogP contribution in [0.25, 0.3) is 0 Å². The molecule has 0 aromatic heterocycles. The highest BCUT2D eigenvalue weighted by molar-refractivity contribution is 7.99. The molecule has 3 nitrogen and oxygen atoms in total. The van der Waals surface area contributed by atoms with Crippen LogP contribution in [0.3, 0.4) is 0 Å². The van der Waals surface area contributed by atoms with E-state index in [2.05, 4.69) is 23.6 Å². The van der Waals surface area contributed by atoms with Crippen molar-refractivity contribution in [3.63, 3.8) is 0 Å². The Kier molecular flexibility index (Phi) is 6.64. The van der Waals surface area contributed by atoms with Gasteiger partial charge < -0.3 is 10.5 Å². The molecule has 2 atom stereocenters. The molecule has 1 saturated heterocycles. The van der Waals surface area contributed by atoms with Crippen LogP contribution in [0.15, 0.2) is 0 Å². The average Bonchev–Trinajstić information content (AvgIpc) is 2.25. The monoisotopic (exact) mass is 232 g/mol. The summed E-state index contributed by atoms with van der Waals surface area (Å²) in [6.45, 7) is 5.15. The molecule has 4 heteroatoms.